The van der Waals surface area contributed by atoms with E-state index in [1.54, 1.807) is 0 Å². The molecule has 1 aromatic rings. The quantitative estimate of drug-likeness (QED) is 0.841. The fourth-order valence-electron chi connectivity index (χ4n) is 4.46. The van der Waals surface area contributed by atoms with Gasteiger partial charge < -0.3 is 25.3 Å². The molecule has 6 heteroatoms. The van der Waals surface area contributed by atoms with Crippen molar-refractivity contribution in [1.29, 1.82) is 0 Å². The summed E-state index contributed by atoms with van der Waals surface area (Å²) in [7, 11) is 0. The minimum atomic E-state index is -0.360. The molecule has 0 spiro atoms. The number of carbonyl (C=O) groups is 1. The van der Waals surface area contributed by atoms with E-state index in [9.17, 15) is 4.79 Å². The molecule has 0 aromatic heterocycles. The van der Waals surface area contributed by atoms with E-state index in [1.807, 2.05) is 6.07 Å². The van der Waals surface area contributed by atoms with Crippen LogP contribution in [-0.4, -0.2) is 38.0 Å². The Kier molecular flexibility index (Phi) is 5.05. The van der Waals surface area contributed by atoms with Crippen LogP contribution in [0.5, 0.6) is 11.5 Å². The summed E-state index contributed by atoms with van der Waals surface area (Å²) in [5, 5.41) is 3.17. The maximum atomic E-state index is 12.6. The summed E-state index contributed by atoms with van der Waals surface area (Å²) in [6, 6.07) is 6.21. The van der Waals surface area contributed by atoms with E-state index in [0.717, 1.165) is 37.2 Å². The summed E-state index contributed by atoms with van der Waals surface area (Å²) in [6.45, 7) is 1.40. The Balaban J connectivity index is 1.47. The van der Waals surface area contributed by atoms with Gasteiger partial charge in [-0.2, -0.15) is 0 Å². The second-order valence-corrected chi connectivity index (χ2v) is 7.69. The van der Waals surface area contributed by atoms with Gasteiger partial charge in [0.05, 0.1) is 6.10 Å². The second kappa shape index (κ2) is 7.45. The van der Waals surface area contributed by atoms with Gasteiger partial charge in [-0.3, -0.25) is 4.79 Å². The van der Waals surface area contributed by atoms with Crippen LogP contribution in [0.25, 0.3) is 0 Å². The average molecular weight is 360 g/mol. The van der Waals surface area contributed by atoms with Crippen LogP contribution in [0.1, 0.15) is 50.5 Å². The van der Waals surface area contributed by atoms with Crippen LogP contribution in [0, 0.1) is 0 Å². The van der Waals surface area contributed by atoms with Gasteiger partial charge in [-0.1, -0.05) is 25.3 Å². The molecule has 2 atom stereocenters. The highest BCUT2D eigenvalue weighted by Gasteiger charge is 2.37. The first kappa shape index (κ1) is 17.6. The van der Waals surface area contributed by atoms with Crippen molar-refractivity contribution >= 4 is 5.91 Å². The van der Waals surface area contributed by atoms with E-state index >= 15 is 0 Å². The Bertz CT molecular complexity index is 657. The number of hydrogen-bond acceptors (Lipinski definition) is 5. The number of fused-ring (bicyclic) bond motifs is 1. The Morgan fingerprint density at radius 2 is 1.96 bits per heavy atom. The first-order chi connectivity index (χ1) is 12.7. The van der Waals surface area contributed by atoms with Gasteiger partial charge in [0.25, 0.3) is 0 Å². The first-order valence-electron chi connectivity index (χ1n) is 9.74. The lowest BCUT2D eigenvalue weighted by atomic mass is 9.69. The fourth-order valence-corrected chi connectivity index (χ4v) is 4.46. The number of nitrogens with one attached hydrogen (secondary N) is 1. The molecule has 2 heterocycles. The minimum Gasteiger partial charge on any atom is -0.454 e. The molecule has 4 rings (SSSR count). The topological polar surface area (TPSA) is 82.8 Å². The van der Waals surface area contributed by atoms with Crippen LogP contribution in [0.4, 0.5) is 0 Å². The Hall–Kier alpha value is -1.79. The molecule has 2 aliphatic heterocycles. The predicted molar refractivity (Wildman–Crippen MR) is 97.3 cm³/mol. The highest BCUT2D eigenvalue weighted by atomic mass is 16.7. The highest BCUT2D eigenvalue weighted by molar-refractivity contribution is 5.81. The summed E-state index contributed by atoms with van der Waals surface area (Å²) in [5.74, 6) is 1.60. The third-order valence-corrected chi connectivity index (χ3v) is 6.06. The number of rotatable bonds is 5. The largest absolute Gasteiger partial charge is 0.454 e. The normalized spacial score (nSPS) is 26.7. The van der Waals surface area contributed by atoms with Crippen LogP contribution in [0.3, 0.4) is 0 Å². The Morgan fingerprint density at radius 1 is 1.15 bits per heavy atom. The molecule has 3 N–H and O–H groups in total. The standard InChI is InChI=1S/C20H28N2O4/c21-11-15-5-7-17(26-15)19(23)22-12-20(8-2-1-3-9-20)14-4-6-16-18(10-14)25-13-24-16/h4,6,10,15,17H,1-3,5,7-9,11-13,21H2,(H,22,23)/t15-,17+/m1/s1. The number of carbonyl (C=O) groups excluding carboxylic acids is 1. The molecule has 1 amide bonds. The van der Waals surface area contributed by atoms with Gasteiger partial charge in [-0.05, 0) is 43.4 Å². The molecule has 1 aliphatic carbocycles. The van der Waals surface area contributed by atoms with Crippen molar-refractivity contribution in [3.63, 3.8) is 0 Å². The van der Waals surface area contributed by atoms with Crippen molar-refractivity contribution in [1.82, 2.24) is 5.32 Å². The van der Waals surface area contributed by atoms with Crippen molar-refractivity contribution in [2.75, 3.05) is 19.9 Å². The lowest BCUT2D eigenvalue weighted by Crippen LogP contribution is -2.45. The molecular formula is C20H28N2O4. The lowest BCUT2D eigenvalue weighted by Gasteiger charge is -2.38. The average Bonchev–Trinajstić information content (AvgIpc) is 3.35. The van der Waals surface area contributed by atoms with Crippen molar-refractivity contribution < 1.29 is 19.0 Å². The number of benzene rings is 1. The van der Waals surface area contributed by atoms with E-state index in [0.29, 0.717) is 13.1 Å². The summed E-state index contributed by atoms with van der Waals surface area (Å²) < 4.78 is 16.7. The van der Waals surface area contributed by atoms with Crippen molar-refractivity contribution in [2.24, 2.45) is 5.73 Å². The third-order valence-electron chi connectivity index (χ3n) is 6.06. The predicted octanol–water partition coefficient (Wildman–Crippen LogP) is 2.24. The zero-order chi connectivity index (χ0) is 18.0. The van der Waals surface area contributed by atoms with E-state index < -0.39 is 0 Å². The number of amides is 1. The molecular weight excluding hydrogens is 332 g/mol. The monoisotopic (exact) mass is 360 g/mol. The second-order valence-electron chi connectivity index (χ2n) is 7.69. The van der Waals surface area contributed by atoms with Gasteiger partial charge >= 0.3 is 0 Å². The molecule has 0 radical (unpaired) electrons. The van der Waals surface area contributed by atoms with E-state index in [4.69, 9.17) is 19.9 Å². The Morgan fingerprint density at radius 3 is 2.73 bits per heavy atom. The van der Waals surface area contributed by atoms with Gasteiger partial charge in [-0.25, -0.2) is 0 Å². The zero-order valence-electron chi connectivity index (χ0n) is 15.2. The molecule has 1 aromatic carbocycles. The molecule has 6 nitrogen and oxygen atoms in total. The van der Waals surface area contributed by atoms with Crippen LogP contribution >= 0.6 is 0 Å². The SMILES string of the molecule is NC[C@H]1CC[C@@H](C(=O)NCC2(c3ccc4c(c3)OCO4)CCCCC2)O1. The maximum Gasteiger partial charge on any atom is 0.249 e. The molecule has 142 valence electrons. The molecule has 3 aliphatic rings. The van der Waals surface area contributed by atoms with E-state index in [1.165, 1.54) is 24.8 Å². The smallest absolute Gasteiger partial charge is 0.249 e. The summed E-state index contributed by atoms with van der Waals surface area (Å²) in [6.07, 6.45) is 7.04. The zero-order valence-corrected chi connectivity index (χ0v) is 15.2. The van der Waals surface area contributed by atoms with Crippen LogP contribution in [0.2, 0.25) is 0 Å². The maximum absolute atomic E-state index is 12.6. The molecule has 1 saturated carbocycles. The number of hydrogen-bond donors (Lipinski definition) is 2. The van der Waals surface area contributed by atoms with Crippen LogP contribution < -0.4 is 20.5 Å². The number of ether oxygens (including phenoxy) is 3. The van der Waals surface area contributed by atoms with E-state index in [2.05, 4.69) is 17.4 Å². The summed E-state index contributed by atoms with van der Waals surface area (Å²) in [4.78, 5) is 12.6. The highest BCUT2D eigenvalue weighted by Crippen LogP contribution is 2.43. The van der Waals surface area contributed by atoms with Gasteiger partial charge in [-0.15, -0.1) is 0 Å². The van der Waals surface area contributed by atoms with Gasteiger partial charge in [0.15, 0.2) is 11.5 Å². The van der Waals surface area contributed by atoms with Gasteiger partial charge in [0.1, 0.15) is 6.10 Å². The van der Waals surface area contributed by atoms with Crippen molar-refractivity contribution in [3.8, 4) is 11.5 Å². The summed E-state index contributed by atoms with van der Waals surface area (Å²) in [5.41, 5.74) is 6.84. The van der Waals surface area contributed by atoms with Gasteiger partial charge in [0.2, 0.25) is 12.7 Å². The molecule has 0 bridgehead atoms. The first-order valence-corrected chi connectivity index (χ1v) is 9.74. The van der Waals surface area contributed by atoms with Gasteiger partial charge in [0, 0.05) is 18.5 Å². The van der Waals surface area contributed by atoms with Crippen molar-refractivity contribution in [2.45, 2.75) is 62.6 Å². The Labute approximate surface area is 154 Å². The molecule has 1 saturated heterocycles. The summed E-state index contributed by atoms with van der Waals surface area (Å²) >= 11 is 0. The number of nitrogens with two attached hydrogens (primary N) is 1. The van der Waals surface area contributed by atoms with Crippen LogP contribution in [-0.2, 0) is 14.9 Å². The minimum absolute atomic E-state index is 0.00774. The molecule has 26 heavy (non-hydrogen) atoms. The third kappa shape index (κ3) is 3.40. The molecule has 2 fully saturated rings. The van der Waals surface area contributed by atoms with Crippen LogP contribution in [0.15, 0.2) is 18.2 Å². The van der Waals surface area contributed by atoms with Crippen molar-refractivity contribution in [3.05, 3.63) is 23.8 Å². The molecule has 0 unspecified atom stereocenters. The fraction of sp³-hybridized carbons (Fsp3) is 0.650. The van der Waals surface area contributed by atoms with E-state index in [-0.39, 0.29) is 30.3 Å². The lowest BCUT2D eigenvalue weighted by molar-refractivity contribution is -0.132.